The summed E-state index contributed by atoms with van der Waals surface area (Å²) in [5.41, 5.74) is 0.901. The molecule has 0 amide bonds. The molecule has 1 unspecified atom stereocenters. The van der Waals surface area contributed by atoms with Crippen LogP contribution in [0.3, 0.4) is 0 Å². The molecule has 0 heterocycles. The summed E-state index contributed by atoms with van der Waals surface area (Å²) < 4.78 is 45.3. The quantitative estimate of drug-likeness (QED) is 0.777. The zero-order valence-electron chi connectivity index (χ0n) is 9.62. The van der Waals surface area contributed by atoms with Crippen molar-refractivity contribution in [3.05, 3.63) is 42.5 Å². The Balaban J connectivity index is 3.38. The van der Waals surface area contributed by atoms with Gasteiger partial charge in [0.25, 0.3) is 0 Å². The minimum absolute atomic E-state index is 0.0153. The maximum Gasteiger partial charge on any atom is 0.199 e. The van der Waals surface area contributed by atoms with E-state index in [4.69, 9.17) is 0 Å². The highest BCUT2D eigenvalue weighted by Crippen LogP contribution is 2.20. The number of hydrogen-bond acceptors (Lipinski definition) is 4. The van der Waals surface area contributed by atoms with Crippen LogP contribution >= 0.6 is 0 Å². The molecule has 0 fully saturated rings. The number of aryl methyl sites for hydroxylation is 1. The van der Waals surface area contributed by atoms with Crippen LogP contribution in [-0.2, 0) is 19.7 Å². The zero-order chi connectivity index (χ0) is 13.3. The van der Waals surface area contributed by atoms with Crippen molar-refractivity contribution in [2.24, 2.45) is 0 Å². The molecule has 0 saturated heterocycles. The zero-order valence-corrected chi connectivity index (χ0v) is 11.3. The molecule has 0 saturated carbocycles. The van der Waals surface area contributed by atoms with Crippen LogP contribution in [0.2, 0.25) is 0 Å². The van der Waals surface area contributed by atoms with Crippen molar-refractivity contribution in [3.8, 4) is 0 Å². The van der Waals surface area contributed by atoms with E-state index in [2.05, 4.69) is 6.58 Å². The van der Waals surface area contributed by atoms with E-state index >= 15 is 0 Å². The average molecular weight is 274 g/mol. The van der Waals surface area contributed by atoms with Crippen LogP contribution in [-0.4, -0.2) is 27.7 Å². The second-order valence-electron chi connectivity index (χ2n) is 3.79. The first-order chi connectivity index (χ1) is 7.69. The molecule has 1 aromatic rings. The van der Waals surface area contributed by atoms with Crippen molar-refractivity contribution >= 4 is 19.7 Å². The normalized spacial score (nSPS) is 14.2. The van der Waals surface area contributed by atoms with Crippen LogP contribution in [0.1, 0.15) is 5.56 Å². The molecule has 0 radical (unpaired) electrons. The molecule has 0 aliphatic heterocycles. The van der Waals surface area contributed by atoms with E-state index < -0.39 is 24.3 Å². The molecule has 17 heavy (non-hydrogen) atoms. The molecule has 94 valence electrons. The molecular formula is C11H14O4S2. The van der Waals surface area contributed by atoms with Crippen LogP contribution in [0.4, 0.5) is 0 Å². The molecule has 6 heteroatoms. The highest BCUT2D eigenvalue weighted by Gasteiger charge is 2.33. The summed E-state index contributed by atoms with van der Waals surface area (Å²) >= 11 is 0. The summed E-state index contributed by atoms with van der Waals surface area (Å²) in [6.45, 7) is 5.10. The van der Waals surface area contributed by atoms with Crippen LogP contribution in [0.5, 0.6) is 0 Å². The molecule has 1 rings (SSSR count). The Kier molecular flexibility index (Phi) is 3.78. The van der Waals surface area contributed by atoms with Crippen molar-refractivity contribution in [1.29, 1.82) is 0 Å². The minimum Gasteiger partial charge on any atom is -0.227 e. The van der Waals surface area contributed by atoms with E-state index in [9.17, 15) is 16.8 Å². The van der Waals surface area contributed by atoms with E-state index in [1.165, 1.54) is 12.1 Å². The van der Waals surface area contributed by atoms with Crippen LogP contribution < -0.4 is 0 Å². The van der Waals surface area contributed by atoms with Gasteiger partial charge in [-0.3, -0.25) is 0 Å². The maximum atomic E-state index is 12.1. The van der Waals surface area contributed by atoms with Gasteiger partial charge >= 0.3 is 0 Å². The first-order valence-electron chi connectivity index (χ1n) is 4.81. The Morgan fingerprint density at radius 1 is 1.12 bits per heavy atom. The fourth-order valence-corrected chi connectivity index (χ4v) is 4.95. The lowest BCUT2D eigenvalue weighted by Crippen LogP contribution is -2.27. The van der Waals surface area contributed by atoms with Crippen molar-refractivity contribution in [2.45, 2.75) is 16.4 Å². The maximum absolute atomic E-state index is 12.1. The van der Waals surface area contributed by atoms with Gasteiger partial charge in [-0.05, 0) is 19.1 Å². The van der Waals surface area contributed by atoms with Crippen molar-refractivity contribution in [2.75, 3.05) is 6.26 Å². The molecule has 1 atom stereocenters. The van der Waals surface area contributed by atoms with Gasteiger partial charge in [-0.1, -0.05) is 23.8 Å². The highest BCUT2D eigenvalue weighted by atomic mass is 32.3. The molecule has 1 aromatic carbocycles. The Bertz CT molecular complexity index is 610. The second-order valence-corrected chi connectivity index (χ2v) is 8.33. The van der Waals surface area contributed by atoms with Gasteiger partial charge in [-0.25, -0.2) is 16.8 Å². The third-order valence-corrected chi connectivity index (χ3v) is 6.85. The summed E-state index contributed by atoms with van der Waals surface area (Å²) in [6.07, 6.45) is 1.82. The molecule has 0 spiro atoms. The van der Waals surface area contributed by atoms with Gasteiger partial charge in [0.15, 0.2) is 24.3 Å². The third-order valence-electron chi connectivity index (χ3n) is 2.27. The smallest absolute Gasteiger partial charge is 0.199 e. The SMILES string of the molecule is C=CC(S(C)(=O)=O)S(=O)(=O)c1ccc(C)cc1. The fraction of sp³-hybridized carbons (Fsp3) is 0.273. The summed E-state index contributed by atoms with van der Waals surface area (Å²) in [6, 6.07) is 6.03. The first kappa shape index (κ1) is 13.9. The van der Waals surface area contributed by atoms with E-state index in [0.717, 1.165) is 17.9 Å². The number of benzene rings is 1. The van der Waals surface area contributed by atoms with Gasteiger partial charge in [0, 0.05) is 6.26 Å². The number of hydrogen-bond donors (Lipinski definition) is 0. The molecule has 0 bridgehead atoms. The Labute approximate surface area is 102 Å². The lowest BCUT2D eigenvalue weighted by molar-refractivity contribution is 0.585. The predicted octanol–water partition coefficient (Wildman–Crippen LogP) is 1.33. The van der Waals surface area contributed by atoms with Crippen molar-refractivity contribution in [1.82, 2.24) is 0 Å². The van der Waals surface area contributed by atoms with Crippen LogP contribution in [0, 0.1) is 6.92 Å². The summed E-state index contributed by atoms with van der Waals surface area (Å²) in [4.78, 5) is -0.0153. The molecule has 4 nitrogen and oxygen atoms in total. The number of sulfone groups is 2. The Hall–Kier alpha value is -1.14. The second kappa shape index (κ2) is 4.62. The topological polar surface area (TPSA) is 68.3 Å². The standard InChI is InChI=1S/C11H14O4S2/c1-4-11(16(3,12)13)17(14,15)10-7-5-9(2)6-8-10/h4-8,11H,1H2,2-3H3. The lowest BCUT2D eigenvalue weighted by Gasteiger charge is -2.12. The van der Waals surface area contributed by atoms with Crippen molar-refractivity contribution < 1.29 is 16.8 Å². The first-order valence-corrected chi connectivity index (χ1v) is 8.31. The Morgan fingerprint density at radius 2 is 1.59 bits per heavy atom. The van der Waals surface area contributed by atoms with E-state index in [1.807, 2.05) is 6.92 Å². The predicted molar refractivity (Wildman–Crippen MR) is 67.2 cm³/mol. The van der Waals surface area contributed by atoms with Gasteiger partial charge in [-0.2, -0.15) is 0 Å². The van der Waals surface area contributed by atoms with Gasteiger partial charge in [0.05, 0.1) is 4.90 Å². The van der Waals surface area contributed by atoms with E-state index in [0.29, 0.717) is 0 Å². The molecule has 0 aromatic heterocycles. The highest BCUT2D eigenvalue weighted by molar-refractivity contribution is 8.09. The van der Waals surface area contributed by atoms with E-state index in [-0.39, 0.29) is 4.90 Å². The fourth-order valence-electron chi connectivity index (χ4n) is 1.39. The van der Waals surface area contributed by atoms with Gasteiger partial charge < -0.3 is 0 Å². The third kappa shape index (κ3) is 2.95. The molecule has 0 N–H and O–H groups in total. The summed E-state index contributed by atoms with van der Waals surface area (Å²) in [5, 5.41) is 0. The molecule has 0 aliphatic rings. The largest absolute Gasteiger partial charge is 0.227 e. The average Bonchev–Trinajstić information content (AvgIpc) is 2.16. The van der Waals surface area contributed by atoms with Gasteiger partial charge in [0.1, 0.15) is 0 Å². The Morgan fingerprint density at radius 3 is 1.94 bits per heavy atom. The summed E-state index contributed by atoms with van der Waals surface area (Å²) in [5.74, 6) is 0. The molecular weight excluding hydrogens is 260 g/mol. The van der Waals surface area contributed by atoms with Gasteiger partial charge in [0.2, 0.25) is 0 Å². The summed E-state index contributed by atoms with van der Waals surface area (Å²) in [7, 11) is -7.67. The molecule has 0 aliphatic carbocycles. The van der Waals surface area contributed by atoms with Crippen LogP contribution in [0.15, 0.2) is 41.8 Å². The monoisotopic (exact) mass is 274 g/mol. The van der Waals surface area contributed by atoms with Gasteiger partial charge in [-0.15, -0.1) is 6.58 Å². The lowest BCUT2D eigenvalue weighted by atomic mass is 10.2. The van der Waals surface area contributed by atoms with Crippen molar-refractivity contribution in [3.63, 3.8) is 0 Å². The van der Waals surface area contributed by atoms with Crippen LogP contribution in [0.25, 0.3) is 0 Å². The number of rotatable bonds is 4. The minimum atomic E-state index is -3.93. The van der Waals surface area contributed by atoms with E-state index in [1.54, 1.807) is 12.1 Å².